The average Bonchev–Trinajstić information content (AvgIpc) is 2.28. The van der Waals surface area contributed by atoms with Gasteiger partial charge in [-0.05, 0) is 31.0 Å². The molecule has 1 aliphatic rings. The minimum Gasteiger partial charge on any atom is -0.507 e. The van der Waals surface area contributed by atoms with Gasteiger partial charge in [-0.15, -0.1) is 0 Å². The quantitative estimate of drug-likeness (QED) is 0.830. The molecule has 1 aromatic carbocycles. The highest BCUT2D eigenvalue weighted by Gasteiger charge is 2.24. The van der Waals surface area contributed by atoms with Crippen LogP contribution in [0.15, 0.2) is 22.7 Å². The number of piperidine rings is 1. The van der Waals surface area contributed by atoms with E-state index in [1.165, 1.54) is 6.07 Å². The van der Waals surface area contributed by atoms with E-state index in [9.17, 15) is 15.0 Å². The van der Waals surface area contributed by atoms with Crippen LogP contribution in [0.1, 0.15) is 23.2 Å². The van der Waals surface area contributed by atoms with E-state index in [1.54, 1.807) is 17.0 Å². The van der Waals surface area contributed by atoms with Gasteiger partial charge in [-0.1, -0.05) is 15.9 Å². The van der Waals surface area contributed by atoms with E-state index < -0.39 is 6.10 Å². The van der Waals surface area contributed by atoms with Crippen LogP contribution in [-0.4, -0.2) is 40.2 Å². The van der Waals surface area contributed by atoms with Gasteiger partial charge in [-0.3, -0.25) is 4.79 Å². The molecule has 1 saturated heterocycles. The number of β-amino-alcohol motifs (C(OH)–C–C–N with tert-alkyl or cyclic N) is 1. The van der Waals surface area contributed by atoms with Crippen molar-refractivity contribution in [3.8, 4) is 5.75 Å². The zero-order valence-electron chi connectivity index (χ0n) is 9.27. The summed E-state index contributed by atoms with van der Waals surface area (Å²) < 4.78 is 0.727. The fraction of sp³-hybridized carbons (Fsp3) is 0.417. The number of aliphatic hydroxyl groups excluding tert-OH is 1. The normalized spacial score (nSPS) is 20.4. The third-order valence-electron chi connectivity index (χ3n) is 2.87. The van der Waals surface area contributed by atoms with E-state index in [2.05, 4.69) is 15.9 Å². The second kappa shape index (κ2) is 5.06. The van der Waals surface area contributed by atoms with Crippen molar-refractivity contribution < 1.29 is 15.0 Å². The number of aliphatic hydroxyl groups is 1. The maximum absolute atomic E-state index is 12.1. The summed E-state index contributed by atoms with van der Waals surface area (Å²) in [6.45, 7) is 0.972. The molecule has 0 spiro atoms. The lowest BCUT2D eigenvalue weighted by molar-refractivity contribution is 0.0471. The molecule has 4 nitrogen and oxygen atoms in total. The molecule has 92 valence electrons. The van der Waals surface area contributed by atoms with Crippen molar-refractivity contribution in [1.29, 1.82) is 0 Å². The molecule has 0 aromatic heterocycles. The topological polar surface area (TPSA) is 60.8 Å². The van der Waals surface area contributed by atoms with Gasteiger partial charge >= 0.3 is 0 Å². The summed E-state index contributed by atoms with van der Waals surface area (Å²) in [6, 6.07) is 4.80. The molecular formula is C12H14BrNO3. The SMILES string of the molecule is O=C(c1ccc(Br)cc1O)N1CCCC(O)C1. The molecule has 1 atom stereocenters. The van der Waals surface area contributed by atoms with Gasteiger partial charge in [0.25, 0.3) is 5.91 Å². The first-order valence-electron chi connectivity index (χ1n) is 5.54. The number of phenols is 1. The molecule has 17 heavy (non-hydrogen) atoms. The van der Waals surface area contributed by atoms with Crippen molar-refractivity contribution in [2.45, 2.75) is 18.9 Å². The average molecular weight is 300 g/mol. The third-order valence-corrected chi connectivity index (χ3v) is 3.37. The van der Waals surface area contributed by atoms with Crippen molar-refractivity contribution in [3.63, 3.8) is 0 Å². The molecule has 1 aliphatic heterocycles. The number of likely N-dealkylation sites (tertiary alicyclic amines) is 1. The van der Waals surface area contributed by atoms with Crippen LogP contribution in [0.3, 0.4) is 0 Å². The van der Waals surface area contributed by atoms with E-state index in [4.69, 9.17) is 0 Å². The van der Waals surface area contributed by atoms with Crippen LogP contribution in [-0.2, 0) is 0 Å². The maximum atomic E-state index is 12.1. The van der Waals surface area contributed by atoms with Gasteiger partial charge < -0.3 is 15.1 Å². The second-order valence-electron chi connectivity index (χ2n) is 4.21. The largest absolute Gasteiger partial charge is 0.507 e. The molecule has 1 unspecified atom stereocenters. The number of nitrogens with zero attached hydrogens (tertiary/aromatic N) is 1. The molecule has 1 fully saturated rings. The summed E-state index contributed by atoms with van der Waals surface area (Å²) in [7, 11) is 0. The van der Waals surface area contributed by atoms with Crippen LogP contribution < -0.4 is 0 Å². The minimum atomic E-state index is -0.453. The maximum Gasteiger partial charge on any atom is 0.257 e. The van der Waals surface area contributed by atoms with Gasteiger partial charge in [0.05, 0.1) is 11.7 Å². The van der Waals surface area contributed by atoms with Crippen molar-refractivity contribution in [2.75, 3.05) is 13.1 Å². The molecule has 1 heterocycles. The lowest BCUT2D eigenvalue weighted by atomic mass is 10.1. The number of carbonyl (C=O) groups excluding carboxylic acids is 1. The van der Waals surface area contributed by atoms with Gasteiger partial charge in [0, 0.05) is 17.6 Å². The Morgan fingerprint density at radius 3 is 2.88 bits per heavy atom. The first kappa shape index (κ1) is 12.4. The highest BCUT2D eigenvalue weighted by molar-refractivity contribution is 9.10. The number of benzene rings is 1. The molecule has 1 amide bonds. The standard InChI is InChI=1S/C12H14BrNO3/c13-8-3-4-10(11(16)6-8)12(17)14-5-1-2-9(15)7-14/h3-4,6,9,15-16H,1-2,5,7H2. The van der Waals surface area contributed by atoms with E-state index in [1.807, 2.05) is 0 Å². The minimum absolute atomic E-state index is 0.0376. The third kappa shape index (κ3) is 2.79. The molecule has 0 bridgehead atoms. The van der Waals surface area contributed by atoms with Crippen LogP contribution in [0.2, 0.25) is 0 Å². The molecule has 2 N–H and O–H groups in total. The molecule has 1 aromatic rings. The monoisotopic (exact) mass is 299 g/mol. The fourth-order valence-electron chi connectivity index (χ4n) is 2.00. The molecule has 0 radical (unpaired) electrons. The summed E-state index contributed by atoms with van der Waals surface area (Å²) >= 11 is 3.23. The van der Waals surface area contributed by atoms with Crippen LogP contribution in [0.4, 0.5) is 0 Å². The van der Waals surface area contributed by atoms with Crippen molar-refractivity contribution in [2.24, 2.45) is 0 Å². The van der Waals surface area contributed by atoms with Gasteiger partial charge in [0.1, 0.15) is 5.75 Å². The van der Waals surface area contributed by atoms with Crippen molar-refractivity contribution in [3.05, 3.63) is 28.2 Å². The predicted molar refractivity (Wildman–Crippen MR) is 67.0 cm³/mol. The van der Waals surface area contributed by atoms with Crippen molar-refractivity contribution in [1.82, 2.24) is 4.90 Å². The lowest BCUT2D eigenvalue weighted by Gasteiger charge is -2.30. The Bertz CT molecular complexity index is 436. The number of rotatable bonds is 1. The second-order valence-corrected chi connectivity index (χ2v) is 5.12. The summed E-state index contributed by atoms with van der Waals surface area (Å²) in [5.41, 5.74) is 0.280. The van der Waals surface area contributed by atoms with Gasteiger partial charge in [-0.25, -0.2) is 0 Å². The van der Waals surface area contributed by atoms with Crippen LogP contribution >= 0.6 is 15.9 Å². The Kier molecular flexibility index (Phi) is 3.69. The number of amides is 1. The van der Waals surface area contributed by atoms with E-state index >= 15 is 0 Å². The van der Waals surface area contributed by atoms with Gasteiger partial charge in [0.15, 0.2) is 0 Å². The smallest absolute Gasteiger partial charge is 0.257 e. The zero-order chi connectivity index (χ0) is 12.4. The number of phenolic OH excluding ortho intramolecular Hbond substituents is 1. The number of aromatic hydroxyl groups is 1. The van der Waals surface area contributed by atoms with E-state index in [0.717, 1.165) is 17.3 Å². The number of carbonyl (C=O) groups is 1. The van der Waals surface area contributed by atoms with E-state index in [0.29, 0.717) is 13.1 Å². The van der Waals surface area contributed by atoms with Gasteiger partial charge in [0.2, 0.25) is 0 Å². The van der Waals surface area contributed by atoms with Gasteiger partial charge in [-0.2, -0.15) is 0 Å². The summed E-state index contributed by atoms with van der Waals surface area (Å²) in [4.78, 5) is 13.7. The molecule has 0 aliphatic carbocycles. The summed E-state index contributed by atoms with van der Waals surface area (Å²) in [6.07, 6.45) is 1.07. The molecule has 0 saturated carbocycles. The van der Waals surface area contributed by atoms with Crippen LogP contribution in [0.25, 0.3) is 0 Å². The highest BCUT2D eigenvalue weighted by Crippen LogP contribution is 2.24. The zero-order valence-corrected chi connectivity index (χ0v) is 10.9. The number of hydrogen-bond acceptors (Lipinski definition) is 3. The Morgan fingerprint density at radius 1 is 1.47 bits per heavy atom. The van der Waals surface area contributed by atoms with E-state index in [-0.39, 0.29) is 17.2 Å². The molecular weight excluding hydrogens is 286 g/mol. The van der Waals surface area contributed by atoms with Crippen LogP contribution in [0.5, 0.6) is 5.75 Å². The summed E-state index contributed by atoms with van der Waals surface area (Å²) in [5.74, 6) is -0.266. The number of hydrogen-bond donors (Lipinski definition) is 2. The molecule has 5 heteroatoms. The lowest BCUT2D eigenvalue weighted by Crippen LogP contribution is -2.42. The molecule has 2 rings (SSSR count). The van der Waals surface area contributed by atoms with Crippen molar-refractivity contribution >= 4 is 21.8 Å². The Labute approximate surface area is 108 Å². The highest BCUT2D eigenvalue weighted by atomic mass is 79.9. The number of halogens is 1. The van der Waals surface area contributed by atoms with Crippen LogP contribution in [0, 0.1) is 0 Å². The first-order valence-corrected chi connectivity index (χ1v) is 6.33. The Hall–Kier alpha value is -1.07. The predicted octanol–water partition coefficient (Wildman–Crippen LogP) is 1.75. The Balaban J connectivity index is 2.18. The Morgan fingerprint density at radius 2 is 2.24 bits per heavy atom. The summed E-state index contributed by atoms with van der Waals surface area (Å²) in [5, 5.41) is 19.2. The first-order chi connectivity index (χ1) is 8.08. The fourth-order valence-corrected chi connectivity index (χ4v) is 2.34.